The maximum absolute atomic E-state index is 14.4. The fraction of sp³-hybridized carbons (Fsp3) is 0.265. The lowest BCUT2D eigenvalue weighted by Gasteiger charge is -2.26. The first-order valence-corrected chi connectivity index (χ1v) is 13.6. The van der Waals surface area contributed by atoms with E-state index in [9.17, 15) is 4.79 Å². The van der Waals surface area contributed by atoms with E-state index in [0.717, 1.165) is 66.1 Å². The minimum atomic E-state index is 0.115. The first-order chi connectivity index (χ1) is 18.2. The van der Waals surface area contributed by atoms with Gasteiger partial charge in [0, 0.05) is 13.1 Å². The first-order valence-electron chi connectivity index (χ1n) is 13.6. The summed E-state index contributed by atoms with van der Waals surface area (Å²) in [5, 5.41) is 6.71. The molecule has 0 unspecified atom stereocenters. The van der Waals surface area contributed by atoms with Crippen LogP contribution in [0.3, 0.4) is 0 Å². The van der Waals surface area contributed by atoms with Crippen molar-refractivity contribution in [3.8, 4) is 0 Å². The second-order valence-corrected chi connectivity index (χ2v) is 9.84. The second kappa shape index (κ2) is 11.6. The molecule has 5 aromatic rings. The van der Waals surface area contributed by atoms with Crippen molar-refractivity contribution in [1.82, 2.24) is 9.80 Å². The molecule has 0 saturated carbocycles. The molecule has 0 fully saturated rings. The maximum Gasteiger partial charge on any atom is 0.255 e. The first kappa shape index (κ1) is 25.0. The topological polar surface area (TPSA) is 23.6 Å². The average molecular weight is 489 g/mol. The van der Waals surface area contributed by atoms with Gasteiger partial charge in [-0.05, 0) is 82.5 Å². The smallest absolute Gasteiger partial charge is 0.255 e. The molecule has 0 heterocycles. The molecule has 0 N–H and O–H groups in total. The van der Waals surface area contributed by atoms with Crippen molar-refractivity contribution in [3.63, 3.8) is 0 Å². The largest absolute Gasteiger partial charge is 0.334 e. The highest BCUT2D eigenvalue weighted by Gasteiger charge is 2.21. The molecule has 5 aromatic carbocycles. The van der Waals surface area contributed by atoms with Gasteiger partial charge in [-0.3, -0.25) is 4.79 Å². The Morgan fingerprint density at radius 3 is 1.84 bits per heavy atom. The molecule has 0 saturated heterocycles. The number of hydrogen-bond donors (Lipinski definition) is 0. The third-order valence-corrected chi connectivity index (χ3v) is 7.51. The monoisotopic (exact) mass is 488 g/mol. The van der Waals surface area contributed by atoms with Gasteiger partial charge in [-0.15, -0.1) is 0 Å². The molecule has 3 heteroatoms. The number of amides is 1. The molecule has 1 amide bonds. The number of unbranched alkanes of at least 4 members (excludes halogenated alkanes) is 1. The van der Waals surface area contributed by atoms with E-state index in [1.807, 2.05) is 24.3 Å². The number of carbonyl (C=O) groups is 1. The van der Waals surface area contributed by atoms with Crippen molar-refractivity contribution < 1.29 is 4.79 Å². The molecule has 0 bridgehead atoms. The van der Waals surface area contributed by atoms with Crippen molar-refractivity contribution >= 4 is 38.2 Å². The van der Waals surface area contributed by atoms with Crippen LogP contribution < -0.4 is 0 Å². The van der Waals surface area contributed by atoms with Gasteiger partial charge in [-0.1, -0.05) is 98.8 Å². The van der Waals surface area contributed by atoms with E-state index in [4.69, 9.17) is 0 Å². The normalized spacial score (nSPS) is 11.5. The van der Waals surface area contributed by atoms with E-state index in [-0.39, 0.29) is 5.91 Å². The predicted octanol–water partition coefficient (Wildman–Crippen LogP) is 7.91. The van der Waals surface area contributed by atoms with E-state index in [1.165, 1.54) is 16.3 Å². The van der Waals surface area contributed by atoms with E-state index < -0.39 is 0 Å². The Kier molecular flexibility index (Phi) is 7.82. The fourth-order valence-electron chi connectivity index (χ4n) is 5.39. The zero-order valence-electron chi connectivity index (χ0n) is 22.0. The standard InChI is InChI=1S/C34H36N2O/c1-3-35(4-2)21-11-12-22-36(25-26-19-20-27-13-5-6-14-28(27)23-26)34(37)33-31-17-9-7-15-29(31)24-30-16-8-10-18-32(30)33/h5-10,13-20,23-24H,3-4,11-12,21-22,25H2,1-2H3. The Morgan fingerprint density at radius 2 is 1.19 bits per heavy atom. The van der Waals surface area contributed by atoms with Crippen LogP contribution in [-0.2, 0) is 6.54 Å². The third-order valence-electron chi connectivity index (χ3n) is 7.51. The summed E-state index contributed by atoms with van der Waals surface area (Å²) in [7, 11) is 0. The van der Waals surface area contributed by atoms with Crippen LogP contribution in [0.5, 0.6) is 0 Å². The zero-order valence-corrected chi connectivity index (χ0v) is 22.0. The summed E-state index contributed by atoms with van der Waals surface area (Å²) >= 11 is 0. The number of rotatable bonds is 10. The van der Waals surface area contributed by atoms with E-state index in [0.29, 0.717) is 6.54 Å². The molecule has 0 aliphatic rings. The molecule has 5 rings (SSSR count). The number of fused-ring (bicyclic) bond motifs is 3. The molecule has 0 spiro atoms. The quantitative estimate of drug-likeness (QED) is 0.147. The van der Waals surface area contributed by atoms with Crippen LogP contribution >= 0.6 is 0 Å². The van der Waals surface area contributed by atoms with Gasteiger partial charge in [0.1, 0.15) is 0 Å². The average Bonchev–Trinajstić information content (AvgIpc) is 2.95. The van der Waals surface area contributed by atoms with E-state index in [2.05, 4.69) is 96.4 Å². The van der Waals surface area contributed by atoms with Crippen molar-refractivity contribution in [3.05, 3.63) is 108 Å². The van der Waals surface area contributed by atoms with Crippen LogP contribution in [-0.4, -0.2) is 41.9 Å². The Balaban J connectivity index is 1.50. The Bertz CT molecular complexity index is 1460. The Morgan fingerprint density at radius 1 is 0.622 bits per heavy atom. The SMILES string of the molecule is CCN(CC)CCCCN(Cc1ccc2ccccc2c1)C(=O)c1c2ccccc2cc2ccccc12. The molecule has 3 nitrogen and oxygen atoms in total. The van der Waals surface area contributed by atoms with Crippen molar-refractivity contribution in [1.29, 1.82) is 0 Å². The molecule has 37 heavy (non-hydrogen) atoms. The van der Waals surface area contributed by atoms with E-state index >= 15 is 0 Å². The summed E-state index contributed by atoms with van der Waals surface area (Å²) < 4.78 is 0. The van der Waals surface area contributed by atoms with Crippen LogP contribution in [0.25, 0.3) is 32.3 Å². The molecule has 0 aliphatic heterocycles. The van der Waals surface area contributed by atoms with Crippen molar-refractivity contribution in [2.24, 2.45) is 0 Å². The van der Waals surface area contributed by atoms with Crippen molar-refractivity contribution in [2.75, 3.05) is 26.2 Å². The van der Waals surface area contributed by atoms with Crippen LogP contribution in [0.2, 0.25) is 0 Å². The lowest BCUT2D eigenvalue weighted by Crippen LogP contribution is -2.32. The summed E-state index contributed by atoms with van der Waals surface area (Å²) in [6.07, 6.45) is 2.07. The highest BCUT2D eigenvalue weighted by molar-refractivity contribution is 6.18. The highest BCUT2D eigenvalue weighted by atomic mass is 16.2. The summed E-state index contributed by atoms with van der Waals surface area (Å²) in [5.41, 5.74) is 1.98. The molecule has 0 radical (unpaired) electrons. The number of hydrogen-bond acceptors (Lipinski definition) is 2. The van der Waals surface area contributed by atoms with Gasteiger partial charge in [0.25, 0.3) is 5.91 Å². The lowest BCUT2D eigenvalue weighted by molar-refractivity contribution is 0.0742. The summed E-state index contributed by atoms with van der Waals surface area (Å²) in [4.78, 5) is 18.9. The van der Waals surface area contributed by atoms with Crippen LogP contribution in [0.1, 0.15) is 42.6 Å². The maximum atomic E-state index is 14.4. The highest BCUT2D eigenvalue weighted by Crippen LogP contribution is 2.30. The van der Waals surface area contributed by atoms with Gasteiger partial charge in [-0.2, -0.15) is 0 Å². The molecule has 0 atom stereocenters. The van der Waals surface area contributed by atoms with Gasteiger partial charge in [-0.25, -0.2) is 0 Å². The van der Waals surface area contributed by atoms with Crippen LogP contribution in [0.4, 0.5) is 0 Å². The van der Waals surface area contributed by atoms with Gasteiger partial charge >= 0.3 is 0 Å². The molecular weight excluding hydrogens is 452 g/mol. The summed E-state index contributed by atoms with van der Waals surface area (Å²) in [6, 6.07) is 33.7. The number of carbonyl (C=O) groups excluding carboxylic acids is 1. The van der Waals surface area contributed by atoms with Gasteiger partial charge in [0.2, 0.25) is 0 Å². The van der Waals surface area contributed by atoms with E-state index in [1.54, 1.807) is 0 Å². The molecule has 188 valence electrons. The minimum absolute atomic E-state index is 0.115. The second-order valence-electron chi connectivity index (χ2n) is 9.84. The fourth-order valence-corrected chi connectivity index (χ4v) is 5.39. The summed E-state index contributed by atoms with van der Waals surface area (Å²) in [6.45, 7) is 8.98. The summed E-state index contributed by atoms with van der Waals surface area (Å²) in [5.74, 6) is 0.115. The lowest BCUT2D eigenvalue weighted by atomic mass is 9.95. The third kappa shape index (κ3) is 5.52. The predicted molar refractivity (Wildman–Crippen MR) is 157 cm³/mol. The Labute approximate surface area is 220 Å². The van der Waals surface area contributed by atoms with Crippen LogP contribution in [0.15, 0.2) is 97.1 Å². The minimum Gasteiger partial charge on any atom is -0.334 e. The molecule has 0 aromatic heterocycles. The zero-order chi connectivity index (χ0) is 25.6. The number of benzene rings is 5. The van der Waals surface area contributed by atoms with Gasteiger partial charge in [0.05, 0.1) is 5.56 Å². The number of nitrogens with zero attached hydrogens (tertiary/aromatic N) is 2. The van der Waals surface area contributed by atoms with Gasteiger partial charge in [0.15, 0.2) is 0 Å². The van der Waals surface area contributed by atoms with Crippen LogP contribution in [0, 0.1) is 0 Å². The Hall–Kier alpha value is -3.69. The molecular formula is C34H36N2O. The van der Waals surface area contributed by atoms with Crippen molar-refractivity contribution in [2.45, 2.75) is 33.2 Å². The van der Waals surface area contributed by atoms with Gasteiger partial charge < -0.3 is 9.80 Å². The molecule has 0 aliphatic carbocycles.